The minimum absolute atomic E-state index is 0.793. The molecule has 2 rings (SSSR count). The number of thiazole rings is 1. The summed E-state index contributed by atoms with van der Waals surface area (Å²) < 4.78 is 0. The summed E-state index contributed by atoms with van der Waals surface area (Å²) >= 11 is 9.48. The molecular weight excluding hydrogens is 284 g/mol. The Bertz CT molecular complexity index is 482. The SMILES string of the molecule is CCNc1ncc(CSCc2ccc(Cl)cc2)s1. The number of aromatic nitrogens is 1. The lowest BCUT2D eigenvalue weighted by atomic mass is 10.2. The van der Waals surface area contributed by atoms with Gasteiger partial charge in [-0.1, -0.05) is 23.7 Å². The third-order valence-corrected chi connectivity index (χ3v) is 4.75. The number of anilines is 1. The summed E-state index contributed by atoms with van der Waals surface area (Å²) in [5, 5.41) is 5.03. The molecule has 0 spiro atoms. The normalized spacial score (nSPS) is 10.6. The Morgan fingerprint density at radius 3 is 2.78 bits per heavy atom. The molecule has 0 aliphatic rings. The molecule has 1 aromatic carbocycles. The standard InChI is InChI=1S/C13H15ClN2S2/c1-2-15-13-16-7-12(18-13)9-17-8-10-3-5-11(14)6-4-10/h3-7H,2,8-9H2,1H3,(H,15,16). The summed E-state index contributed by atoms with van der Waals surface area (Å²) in [5.74, 6) is 2.01. The van der Waals surface area contributed by atoms with Crippen LogP contribution in [0.3, 0.4) is 0 Å². The molecule has 0 fully saturated rings. The first kappa shape index (κ1) is 13.7. The van der Waals surface area contributed by atoms with Gasteiger partial charge in [0.2, 0.25) is 0 Å². The first-order valence-electron chi connectivity index (χ1n) is 5.78. The van der Waals surface area contributed by atoms with E-state index in [1.165, 1.54) is 10.4 Å². The molecule has 0 saturated heterocycles. The van der Waals surface area contributed by atoms with Gasteiger partial charge in [0.1, 0.15) is 0 Å². The third kappa shape index (κ3) is 4.19. The number of benzene rings is 1. The average molecular weight is 299 g/mol. The van der Waals surface area contributed by atoms with Crippen molar-refractivity contribution in [1.29, 1.82) is 0 Å². The quantitative estimate of drug-likeness (QED) is 0.839. The van der Waals surface area contributed by atoms with Gasteiger partial charge in [-0.3, -0.25) is 0 Å². The van der Waals surface area contributed by atoms with E-state index in [1.807, 2.05) is 30.1 Å². The van der Waals surface area contributed by atoms with E-state index in [-0.39, 0.29) is 0 Å². The van der Waals surface area contributed by atoms with Crippen molar-refractivity contribution in [3.63, 3.8) is 0 Å². The smallest absolute Gasteiger partial charge is 0.182 e. The van der Waals surface area contributed by atoms with Crippen molar-refractivity contribution < 1.29 is 0 Å². The molecule has 1 N–H and O–H groups in total. The summed E-state index contributed by atoms with van der Waals surface area (Å²) in [7, 11) is 0. The van der Waals surface area contributed by atoms with Crippen molar-refractivity contribution in [1.82, 2.24) is 4.98 Å². The van der Waals surface area contributed by atoms with Gasteiger partial charge in [-0.05, 0) is 24.6 Å². The molecule has 0 amide bonds. The number of thioether (sulfide) groups is 1. The van der Waals surface area contributed by atoms with E-state index in [9.17, 15) is 0 Å². The Kier molecular flexibility index (Phi) is 5.35. The van der Waals surface area contributed by atoms with Crippen LogP contribution in [0.1, 0.15) is 17.4 Å². The summed E-state index contributed by atoms with van der Waals surface area (Å²) in [6.45, 7) is 3.00. The topological polar surface area (TPSA) is 24.9 Å². The van der Waals surface area contributed by atoms with Crippen LogP contribution in [0, 0.1) is 0 Å². The van der Waals surface area contributed by atoms with E-state index in [4.69, 9.17) is 11.6 Å². The van der Waals surface area contributed by atoms with Crippen molar-refractivity contribution in [2.24, 2.45) is 0 Å². The van der Waals surface area contributed by atoms with Gasteiger partial charge in [0.05, 0.1) is 0 Å². The molecule has 2 aromatic rings. The van der Waals surface area contributed by atoms with E-state index in [0.717, 1.165) is 28.2 Å². The fourth-order valence-electron chi connectivity index (χ4n) is 1.46. The molecule has 0 radical (unpaired) electrons. The molecule has 18 heavy (non-hydrogen) atoms. The van der Waals surface area contributed by atoms with Crippen molar-refractivity contribution in [3.8, 4) is 0 Å². The summed E-state index contributed by atoms with van der Waals surface area (Å²) in [4.78, 5) is 5.63. The van der Waals surface area contributed by atoms with E-state index in [2.05, 4.69) is 29.4 Å². The molecule has 0 aliphatic carbocycles. The summed E-state index contributed by atoms with van der Waals surface area (Å²) in [5.41, 5.74) is 1.31. The van der Waals surface area contributed by atoms with Crippen LogP contribution in [0.25, 0.3) is 0 Å². The Morgan fingerprint density at radius 2 is 2.06 bits per heavy atom. The second kappa shape index (κ2) is 7.02. The van der Waals surface area contributed by atoms with Gasteiger partial charge < -0.3 is 5.32 Å². The van der Waals surface area contributed by atoms with Crippen molar-refractivity contribution in [3.05, 3.63) is 45.9 Å². The third-order valence-electron chi connectivity index (χ3n) is 2.31. The van der Waals surface area contributed by atoms with Crippen LogP contribution in [0.2, 0.25) is 5.02 Å². The van der Waals surface area contributed by atoms with Gasteiger partial charge in [0.25, 0.3) is 0 Å². The second-order valence-corrected chi connectivity index (χ2v) is 6.32. The van der Waals surface area contributed by atoms with Crippen LogP contribution in [0.5, 0.6) is 0 Å². The molecule has 0 aliphatic heterocycles. The number of nitrogens with one attached hydrogen (secondary N) is 1. The van der Waals surface area contributed by atoms with E-state index < -0.39 is 0 Å². The molecule has 1 heterocycles. The molecule has 0 unspecified atom stereocenters. The van der Waals surface area contributed by atoms with Gasteiger partial charge in [-0.25, -0.2) is 4.98 Å². The lowest BCUT2D eigenvalue weighted by Crippen LogP contribution is -1.94. The Morgan fingerprint density at radius 1 is 1.28 bits per heavy atom. The van der Waals surface area contributed by atoms with Gasteiger partial charge >= 0.3 is 0 Å². The van der Waals surface area contributed by atoms with E-state index >= 15 is 0 Å². The van der Waals surface area contributed by atoms with Crippen LogP contribution in [-0.4, -0.2) is 11.5 Å². The highest BCUT2D eigenvalue weighted by Crippen LogP contribution is 2.24. The van der Waals surface area contributed by atoms with Gasteiger partial charge in [0.15, 0.2) is 5.13 Å². The Labute approximate surface area is 121 Å². The first-order chi connectivity index (χ1) is 8.78. The first-order valence-corrected chi connectivity index (χ1v) is 8.13. The molecule has 1 aromatic heterocycles. The second-order valence-electron chi connectivity index (χ2n) is 3.78. The van der Waals surface area contributed by atoms with Gasteiger partial charge in [-0.15, -0.1) is 11.3 Å². The minimum Gasteiger partial charge on any atom is -0.362 e. The Balaban J connectivity index is 1.79. The zero-order valence-corrected chi connectivity index (χ0v) is 12.5. The number of nitrogens with zero attached hydrogens (tertiary/aromatic N) is 1. The number of hydrogen-bond acceptors (Lipinski definition) is 4. The number of halogens is 1. The maximum Gasteiger partial charge on any atom is 0.182 e. The number of rotatable bonds is 6. The lowest BCUT2D eigenvalue weighted by molar-refractivity contribution is 1.19. The van der Waals surface area contributed by atoms with E-state index in [1.54, 1.807) is 11.3 Å². The van der Waals surface area contributed by atoms with Crippen molar-refractivity contribution >= 4 is 39.8 Å². The van der Waals surface area contributed by atoms with Crippen LogP contribution < -0.4 is 5.32 Å². The van der Waals surface area contributed by atoms with Gasteiger partial charge in [-0.2, -0.15) is 11.8 Å². The number of hydrogen-bond donors (Lipinski definition) is 1. The van der Waals surface area contributed by atoms with E-state index in [0.29, 0.717) is 0 Å². The predicted molar refractivity (Wildman–Crippen MR) is 82.7 cm³/mol. The van der Waals surface area contributed by atoms with Crippen molar-refractivity contribution in [2.75, 3.05) is 11.9 Å². The molecule has 0 saturated carbocycles. The summed E-state index contributed by atoms with van der Waals surface area (Å²) in [6.07, 6.45) is 1.96. The van der Waals surface area contributed by atoms with Gasteiger partial charge in [0, 0.05) is 34.1 Å². The summed E-state index contributed by atoms with van der Waals surface area (Å²) in [6, 6.07) is 8.03. The highest BCUT2D eigenvalue weighted by Gasteiger charge is 2.01. The monoisotopic (exact) mass is 298 g/mol. The molecular formula is C13H15ClN2S2. The molecule has 5 heteroatoms. The average Bonchev–Trinajstić information content (AvgIpc) is 2.80. The molecule has 96 valence electrons. The maximum absolute atomic E-state index is 5.85. The van der Waals surface area contributed by atoms with Crippen LogP contribution in [-0.2, 0) is 11.5 Å². The highest BCUT2D eigenvalue weighted by atomic mass is 35.5. The van der Waals surface area contributed by atoms with Crippen LogP contribution >= 0.6 is 34.7 Å². The fourth-order valence-corrected chi connectivity index (χ4v) is 3.55. The van der Waals surface area contributed by atoms with Crippen LogP contribution in [0.4, 0.5) is 5.13 Å². The molecule has 0 bridgehead atoms. The predicted octanol–water partition coefficient (Wildman–Crippen LogP) is 4.66. The zero-order valence-electron chi connectivity index (χ0n) is 10.1. The highest BCUT2D eigenvalue weighted by molar-refractivity contribution is 7.97. The minimum atomic E-state index is 0.793. The molecule has 2 nitrogen and oxygen atoms in total. The Hall–Kier alpha value is -0.710. The zero-order chi connectivity index (χ0) is 12.8. The fraction of sp³-hybridized carbons (Fsp3) is 0.308. The largest absolute Gasteiger partial charge is 0.362 e. The van der Waals surface area contributed by atoms with Crippen molar-refractivity contribution in [2.45, 2.75) is 18.4 Å². The molecule has 0 atom stereocenters. The lowest BCUT2D eigenvalue weighted by Gasteiger charge is -2.00. The van der Waals surface area contributed by atoms with Crippen LogP contribution in [0.15, 0.2) is 30.5 Å². The maximum atomic E-state index is 5.85.